The zero-order valence-electron chi connectivity index (χ0n) is 17.6. The number of carboxylic acids is 1. The summed E-state index contributed by atoms with van der Waals surface area (Å²) < 4.78 is 6.61. The van der Waals surface area contributed by atoms with E-state index in [4.69, 9.17) is 4.74 Å². The molecule has 0 fully saturated rings. The van der Waals surface area contributed by atoms with E-state index in [0.29, 0.717) is 5.52 Å². The molecule has 0 aliphatic heterocycles. The predicted octanol–water partition coefficient (Wildman–Crippen LogP) is 2.75. The van der Waals surface area contributed by atoms with Crippen LogP contribution in [0.4, 0.5) is 4.79 Å². The Bertz CT molecular complexity index is 895. The van der Waals surface area contributed by atoms with Crippen LogP contribution in [0.2, 0.25) is 0 Å². The topological polar surface area (TPSA) is 101 Å². The number of benzene rings is 1. The number of hydrogen-bond acceptors (Lipinski definition) is 5. The maximum absolute atomic E-state index is 13.2. The maximum atomic E-state index is 13.2. The van der Waals surface area contributed by atoms with Gasteiger partial charge in [-0.2, -0.15) is 0 Å². The van der Waals surface area contributed by atoms with E-state index in [1.165, 1.54) is 4.57 Å². The minimum absolute atomic E-state index is 0.523. The van der Waals surface area contributed by atoms with Gasteiger partial charge in [-0.15, -0.1) is 0 Å². The number of aromatic nitrogens is 1. The molecule has 8 nitrogen and oxygen atoms in total. The van der Waals surface area contributed by atoms with Crippen LogP contribution in [0.1, 0.15) is 37.6 Å². The number of alkyl carbamates (subject to hydrolysis) is 1. The highest BCUT2D eigenvalue weighted by atomic mass is 16.6. The lowest BCUT2D eigenvalue weighted by Gasteiger charge is -2.22. The van der Waals surface area contributed by atoms with Gasteiger partial charge in [0.15, 0.2) is 0 Å². The molecule has 1 unspecified atom stereocenters. The van der Waals surface area contributed by atoms with Crippen molar-refractivity contribution in [2.75, 3.05) is 20.6 Å². The number of fused-ring (bicyclic) bond motifs is 1. The van der Waals surface area contributed by atoms with Gasteiger partial charge in [0, 0.05) is 18.1 Å². The van der Waals surface area contributed by atoms with E-state index in [1.807, 2.05) is 37.2 Å². The number of likely N-dealkylation sites (N-methyl/N-ethyl adjacent to an activating group) is 1. The molecule has 29 heavy (non-hydrogen) atoms. The molecular formula is C21H29N3O5. The van der Waals surface area contributed by atoms with Gasteiger partial charge < -0.3 is 20.1 Å². The van der Waals surface area contributed by atoms with Crippen LogP contribution in [0, 0.1) is 0 Å². The average molecular weight is 403 g/mol. The highest BCUT2D eigenvalue weighted by molar-refractivity contribution is 5.99. The minimum Gasteiger partial charge on any atom is -0.481 e. The number of aliphatic carboxylic acids is 1. The predicted molar refractivity (Wildman–Crippen MR) is 110 cm³/mol. The van der Waals surface area contributed by atoms with Crippen molar-refractivity contribution in [2.45, 2.75) is 45.3 Å². The van der Waals surface area contributed by atoms with Crippen LogP contribution >= 0.6 is 0 Å². The van der Waals surface area contributed by atoms with Gasteiger partial charge in [-0.05, 0) is 52.9 Å². The minimum atomic E-state index is -1.25. The summed E-state index contributed by atoms with van der Waals surface area (Å²) >= 11 is 0. The first-order chi connectivity index (χ1) is 13.5. The quantitative estimate of drug-likeness (QED) is 0.737. The van der Waals surface area contributed by atoms with Gasteiger partial charge >= 0.3 is 12.1 Å². The molecule has 0 aliphatic rings. The lowest BCUT2D eigenvalue weighted by molar-refractivity contribution is -0.137. The summed E-state index contributed by atoms with van der Waals surface area (Å²) in [6.07, 6.45) is 1.08. The first kappa shape index (κ1) is 22.4. The molecule has 2 N–H and O–H groups in total. The third-order valence-electron chi connectivity index (χ3n) is 4.23. The van der Waals surface area contributed by atoms with E-state index in [1.54, 1.807) is 33.0 Å². The van der Waals surface area contributed by atoms with Crippen LogP contribution < -0.4 is 5.32 Å². The molecule has 0 aliphatic carbocycles. The van der Waals surface area contributed by atoms with Crippen molar-refractivity contribution in [3.63, 3.8) is 0 Å². The molecule has 0 saturated carbocycles. The Labute approximate surface area is 170 Å². The Morgan fingerprint density at radius 1 is 1.21 bits per heavy atom. The summed E-state index contributed by atoms with van der Waals surface area (Å²) in [6, 6.07) is 6.19. The van der Waals surface area contributed by atoms with Gasteiger partial charge in [0.1, 0.15) is 11.6 Å². The lowest BCUT2D eigenvalue weighted by atomic mass is 10.1. The number of amides is 1. The van der Waals surface area contributed by atoms with Crippen LogP contribution in [0.25, 0.3) is 10.9 Å². The Hall–Kier alpha value is -2.87. The second-order valence-electron chi connectivity index (χ2n) is 8.23. The average Bonchev–Trinajstić information content (AvgIpc) is 2.95. The van der Waals surface area contributed by atoms with Gasteiger partial charge in [0.2, 0.25) is 0 Å². The molecule has 0 saturated heterocycles. The highest BCUT2D eigenvalue weighted by Gasteiger charge is 2.28. The molecule has 158 valence electrons. The van der Waals surface area contributed by atoms with Crippen molar-refractivity contribution in [3.8, 4) is 0 Å². The number of nitrogens with zero attached hydrogens (tertiary/aromatic N) is 2. The Morgan fingerprint density at radius 2 is 1.86 bits per heavy atom. The van der Waals surface area contributed by atoms with Crippen LogP contribution in [0.3, 0.4) is 0 Å². The fourth-order valence-electron chi connectivity index (χ4n) is 2.97. The third kappa shape index (κ3) is 6.32. The lowest BCUT2D eigenvalue weighted by Crippen LogP contribution is -2.46. The van der Waals surface area contributed by atoms with Crippen LogP contribution in [0.5, 0.6) is 0 Å². The van der Waals surface area contributed by atoms with Gasteiger partial charge in [0.25, 0.3) is 5.91 Å². The van der Waals surface area contributed by atoms with Crippen molar-refractivity contribution in [1.82, 2.24) is 14.8 Å². The van der Waals surface area contributed by atoms with Crippen LogP contribution in [-0.4, -0.2) is 64.8 Å². The van der Waals surface area contributed by atoms with Crippen molar-refractivity contribution < 1.29 is 24.2 Å². The Kier molecular flexibility index (Phi) is 7.02. The Balaban J connectivity index is 2.36. The molecule has 0 spiro atoms. The molecule has 1 aromatic carbocycles. The third-order valence-corrected chi connectivity index (χ3v) is 4.23. The molecule has 2 rings (SSSR count). The van der Waals surface area contributed by atoms with Crippen molar-refractivity contribution in [1.29, 1.82) is 0 Å². The normalized spacial score (nSPS) is 12.8. The molecule has 0 radical (unpaired) electrons. The van der Waals surface area contributed by atoms with Crippen LogP contribution in [-0.2, 0) is 16.0 Å². The van der Waals surface area contributed by atoms with Gasteiger partial charge in [0.05, 0.1) is 11.9 Å². The molecule has 1 heterocycles. The first-order valence-corrected chi connectivity index (χ1v) is 9.47. The SMILES string of the molecule is CN(C)CCc1cn(C(=O)C(CC(=O)O)NC(=O)OC(C)(C)C)c2ccccc12. The van der Waals surface area contributed by atoms with Crippen LogP contribution in [0.15, 0.2) is 30.5 Å². The summed E-state index contributed by atoms with van der Waals surface area (Å²) in [7, 11) is 3.94. The van der Waals surface area contributed by atoms with Crippen molar-refractivity contribution in [2.24, 2.45) is 0 Å². The number of carbonyl (C=O) groups excluding carboxylic acids is 2. The summed E-state index contributed by atoms with van der Waals surface area (Å²) in [5.74, 6) is -1.71. The van der Waals surface area contributed by atoms with Crippen molar-refractivity contribution >= 4 is 28.9 Å². The summed E-state index contributed by atoms with van der Waals surface area (Å²) in [6.45, 7) is 5.88. The molecule has 2 aromatic rings. The van der Waals surface area contributed by atoms with E-state index < -0.39 is 36.0 Å². The highest BCUT2D eigenvalue weighted by Crippen LogP contribution is 2.23. The molecule has 1 aromatic heterocycles. The maximum Gasteiger partial charge on any atom is 0.408 e. The number of carboxylic acid groups (broad SMARTS) is 1. The standard InChI is InChI=1S/C21H29N3O5/c1-21(2,3)29-20(28)22-16(12-18(25)26)19(27)24-13-14(10-11-23(4)5)15-8-6-7-9-17(15)24/h6-9,13,16H,10-12H2,1-5H3,(H,22,28)(H,25,26). The summed E-state index contributed by atoms with van der Waals surface area (Å²) in [5.41, 5.74) is 0.891. The molecule has 1 amide bonds. The zero-order chi connectivity index (χ0) is 21.8. The smallest absolute Gasteiger partial charge is 0.408 e. The zero-order valence-corrected chi connectivity index (χ0v) is 17.6. The fourth-order valence-corrected chi connectivity index (χ4v) is 2.97. The number of carbonyl (C=O) groups is 3. The number of ether oxygens (including phenoxy) is 1. The number of nitrogens with one attached hydrogen (secondary N) is 1. The molecule has 1 atom stereocenters. The summed E-state index contributed by atoms with van der Waals surface area (Å²) in [4.78, 5) is 38.7. The molecular weight excluding hydrogens is 374 g/mol. The van der Waals surface area contributed by atoms with Gasteiger partial charge in [-0.25, -0.2) is 4.79 Å². The van der Waals surface area contributed by atoms with Crippen molar-refractivity contribution in [3.05, 3.63) is 36.0 Å². The second-order valence-corrected chi connectivity index (χ2v) is 8.23. The largest absolute Gasteiger partial charge is 0.481 e. The number of hydrogen-bond donors (Lipinski definition) is 2. The monoisotopic (exact) mass is 403 g/mol. The van der Waals surface area contributed by atoms with Gasteiger partial charge in [-0.3, -0.25) is 14.2 Å². The van der Waals surface area contributed by atoms with E-state index in [2.05, 4.69) is 5.32 Å². The first-order valence-electron chi connectivity index (χ1n) is 9.47. The van der Waals surface area contributed by atoms with E-state index >= 15 is 0 Å². The fraction of sp³-hybridized carbons (Fsp3) is 0.476. The van der Waals surface area contributed by atoms with E-state index in [0.717, 1.165) is 23.9 Å². The van der Waals surface area contributed by atoms with E-state index in [-0.39, 0.29) is 0 Å². The molecule has 8 heteroatoms. The number of rotatable bonds is 7. The van der Waals surface area contributed by atoms with Gasteiger partial charge in [-0.1, -0.05) is 18.2 Å². The molecule has 0 bridgehead atoms. The Morgan fingerprint density at radius 3 is 2.45 bits per heavy atom. The summed E-state index contributed by atoms with van der Waals surface area (Å²) in [5, 5.41) is 12.6. The number of para-hydroxylation sites is 1. The second kappa shape index (κ2) is 9.09. The van der Waals surface area contributed by atoms with E-state index in [9.17, 15) is 19.5 Å².